The van der Waals surface area contributed by atoms with Crippen LogP contribution in [-0.2, 0) is 0 Å². The first kappa shape index (κ1) is 9.68. The Morgan fingerprint density at radius 3 is 3.14 bits per heavy atom. The standard InChI is InChI=1S/C9H12ClN3O/c10-8-1-3-11-9(12-8)13-4-2-7(5-13)6-14/h1,3,7,14H,2,4-6H2/t7-/m1/s1. The van der Waals surface area contributed by atoms with Crippen LogP contribution in [0.5, 0.6) is 0 Å². The van der Waals surface area contributed by atoms with Crippen molar-refractivity contribution in [3.63, 3.8) is 0 Å². The maximum atomic E-state index is 8.99. The van der Waals surface area contributed by atoms with Gasteiger partial charge in [0.1, 0.15) is 5.15 Å². The third kappa shape index (κ3) is 1.96. The van der Waals surface area contributed by atoms with Crippen molar-refractivity contribution >= 4 is 17.5 Å². The van der Waals surface area contributed by atoms with Gasteiger partial charge >= 0.3 is 0 Å². The number of aliphatic hydroxyl groups is 1. The number of rotatable bonds is 2. The quantitative estimate of drug-likeness (QED) is 0.744. The summed E-state index contributed by atoms with van der Waals surface area (Å²) in [5, 5.41) is 9.45. The van der Waals surface area contributed by atoms with Crippen LogP contribution in [0.1, 0.15) is 6.42 Å². The molecule has 1 aromatic rings. The summed E-state index contributed by atoms with van der Waals surface area (Å²) in [6.45, 7) is 1.94. The molecule has 2 heterocycles. The number of halogens is 1. The molecule has 0 aromatic carbocycles. The van der Waals surface area contributed by atoms with Crippen molar-refractivity contribution in [2.75, 3.05) is 24.6 Å². The Morgan fingerprint density at radius 2 is 2.50 bits per heavy atom. The normalized spacial score (nSPS) is 21.6. The Hall–Kier alpha value is -0.870. The zero-order chi connectivity index (χ0) is 9.97. The van der Waals surface area contributed by atoms with Crippen LogP contribution < -0.4 is 4.90 Å². The molecule has 1 aromatic heterocycles. The van der Waals surface area contributed by atoms with Crippen molar-refractivity contribution in [2.45, 2.75) is 6.42 Å². The van der Waals surface area contributed by atoms with Gasteiger partial charge in [-0.2, -0.15) is 0 Å². The molecule has 4 nitrogen and oxygen atoms in total. The molecule has 1 fully saturated rings. The molecule has 0 saturated carbocycles. The molecule has 0 bridgehead atoms. The van der Waals surface area contributed by atoms with E-state index in [0.29, 0.717) is 17.0 Å². The lowest BCUT2D eigenvalue weighted by Crippen LogP contribution is -2.22. The van der Waals surface area contributed by atoms with E-state index in [1.807, 2.05) is 4.90 Å². The minimum absolute atomic E-state index is 0.233. The summed E-state index contributed by atoms with van der Waals surface area (Å²) >= 11 is 5.77. The van der Waals surface area contributed by atoms with Gasteiger partial charge < -0.3 is 10.0 Å². The van der Waals surface area contributed by atoms with Gasteiger partial charge in [-0.1, -0.05) is 11.6 Å². The first-order valence-electron chi connectivity index (χ1n) is 4.64. The molecule has 0 spiro atoms. The smallest absolute Gasteiger partial charge is 0.226 e. The summed E-state index contributed by atoms with van der Waals surface area (Å²) in [5.41, 5.74) is 0. The Kier molecular flexibility index (Phi) is 2.84. The fourth-order valence-electron chi connectivity index (χ4n) is 1.64. The molecule has 1 N–H and O–H groups in total. The van der Waals surface area contributed by atoms with E-state index in [9.17, 15) is 0 Å². The SMILES string of the molecule is OC[C@@H]1CCN(c2nccc(Cl)n2)C1. The van der Waals surface area contributed by atoms with Crippen molar-refractivity contribution in [1.82, 2.24) is 9.97 Å². The van der Waals surface area contributed by atoms with Crippen LogP contribution in [0.4, 0.5) is 5.95 Å². The van der Waals surface area contributed by atoms with E-state index in [4.69, 9.17) is 16.7 Å². The monoisotopic (exact) mass is 213 g/mol. The van der Waals surface area contributed by atoms with Gasteiger partial charge in [-0.25, -0.2) is 9.97 Å². The second kappa shape index (κ2) is 4.11. The van der Waals surface area contributed by atoms with Crippen LogP contribution in [0.3, 0.4) is 0 Å². The van der Waals surface area contributed by atoms with E-state index in [2.05, 4.69) is 9.97 Å². The van der Waals surface area contributed by atoms with E-state index in [1.54, 1.807) is 12.3 Å². The summed E-state index contributed by atoms with van der Waals surface area (Å²) in [6.07, 6.45) is 2.64. The average Bonchev–Trinajstić information content (AvgIpc) is 2.66. The summed E-state index contributed by atoms with van der Waals surface area (Å²) < 4.78 is 0. The van der Waals surface area contributed by atoms with Crippen molar-refractivity contribution in [1.29, 1.82) is 0 Å². The third-order valence-electron chi connectivity index (χ3n) is 2.44. The largest absolute Gasteiger partial charge is 0.396 e. The topological polar surface area (TPSA) is 49.2 Å². The van der Waals surface area contributed by atoms with Gasteiger partial charge in [-0.15, -0.1) is 0 Å². The van der Waals surface area contributed by atoms with E-state index < -0.39 is 0 Å². The predicted molar refractivity (Wildman–Crippen MR) is 54.4 cm³/mol. The lowest BCUT2D eigenvalue weighted by Gasteiger charge is -2.15. The fraction of sp³-hybridized carbons (Fsp3) is 0.556. The minimum atomic E-state index is 0.233. The Morgan fingerprint density at radius 1 is 1.64 bits per heavy atom. The Balaban J connectivity index is 2.09. The van der Waals surface area contributed by atoms with Crippen LogP contribution in [0.2, 0.25) is 5.15 Å². The molecular formula is C9H12ClN3O. The zero-order valence-corrected chi connectivity index (χ0v) is 8.48. The second-order valence-electron chi connectivity index (χ2n) is 3.46. The zero-order valence-electron chi connectivity index (χ0n) is 7.73. The maximum Gasteiger partial charge on any atom is 0.226 e. The first-order valence-corrected chi connectivity index (χ1v) is 5.02. The number of aliphatic hydroxyl groups excluding tert-OH is 1. The summed E-state index contributed by atoms with van der Waals surface area (Å²) in [4.78, 5) is 10.3. The highest BCUT2D eigenvalue weighted by Gasteiger charge is 2.23. The van der Waals surface area contributed by atoms with Crippen molar-refractivity contribution in [3.8, 4) is 0 Å². The van der Waals surface area contributed by atoms with Gasteiger partial charge in [0.05, 0.1) is 0 Å². The summed E-state index contributed by atoms with van der Waals surface area (Å²) in [7, 11) is 0. The first-order chi connectivity index (χ1) is 6.79. The molecule has 0 amide bonds. The molecule has 1 atom stereocenters. The van der Waals surface area contributed by atoms with E-state index in [0.717, 1.165) is 19.5 Å². The highest BCUT2D eigenvalue weighted by atomic mass is 35.5. The highest BCUT2D eigenvalue weighted by molar-refractivity contribution is 6.29. The second-order valence-corrected chi connectivity index (χ2v) is 3.85. The van der Waals surface area contributed by atoms with Crippen molar-refractivity contribution in [2.24, 2.45) is 5.92 Å². The fourth-order valence-corrected chi connectivity index (χ4v) is 1.77. The van der Waals surface area contributed by atoms with E-state index >= 15 is 0 Å². The third-order valence-corrected chi connectivity index (χ3v) is 2.65. The highest BCUT2D eigenvalue weighted by Crippen LogP contribution is 2.20. The number of hydrogen-bond donors (Lipinski definition) is 1. The maximum absolute atomic E-state index is 8.99. The molecule has 0 radical (unpaired) electrons. The molecule has 0 aliphatic carbocycles. The molecule has 14 heavy (non-hydrogen) atoms. The van der Waals surface area contributed by atoms with Crippen molar-refractivity contribution in [3.05, 3.63) is 17.4 Å². The van der Waals surface area contributed by atoms with Gasteiger partial charge in [-0.05, 0) is 12.5 Å². The average molecular weight is 214 g/mol. The van der Waals surface area contributed by atoms with Crippen LogP contribution in [0, 0.1) is 5.92 Å². The van der Waals surface area contributed by atoms with Gasteiger partial charge in [0.25, 0.3) is 0 Å². The molecule has 2 rings (SSSR count). The van der Waals surface area contributed by atoms with Crippen molar-refractivity contribution < 1.29 is 5.11 Å². The summed E-state index contributed by atoms with van der Waals surface area (Å²) in [5.74, 6) is 1.01. The van der Waals surface area contributed by atoms with Gasteiger partial charge in [-0.3, -0.25) is 0 Å². The molecule has 0 unspecified atom stereocenters. The number of nitrogens with zero attached hydrogens (tertiary/aromatic N) is 3. The van der Waals surface area contributed by atoms with E-state index in [1.165, 1.54) is 0 Å². The Bertz CT molecular complexity index is 321. The number of hydrogen-bond acceptors (Lipinski definition) is 4. The molecule has 1 aliphatic heterocycles. The van der Waals surface area contributed by atoms with Crippen LogP contribution >= 0.6 is 11.6 Å². The number of aromatic nitrogens is 2. The lowest BCUT2D eigenvalue weighted by molar-refractivity contribution is 0.238. The van der Waals surface area contributed by atoms with Crippen LogP contribution in [0.15, 0.2) is 12.3 Å². The molecular weight excluding hydrogens is 202 g/mol. The summed E-state index contributed by atoms with van der Waals surface area (Å²) in [6, 6.07) is 1.66. The van der Waals surface area contributed by atoms with Gasteiger partial charge in [0, 0.05) is 31.8 Å². The molecule has 1 aliphatic rings. The van der Waals surface area contributed by atoms with E-state index in [-0.39, 0.29) is 6.61 Å². The predicted octanol–water partition coefficient (Wildman–Crippen LogP) is 0.949. The molecule has 1 saturated heterocycles. The van der Waals surface area contributed by atoms with Crippen LogP contribution in [-0.4, -0.2) is 34.8 Å². The van der Waals surface area contributed by atoms with Gasteiger partial charge in [0.2, 0.25) is 5.95 Å². The molecule has 5 heteroatoms. The lowest BCUT2D eigenvalue weighted by atomic mass is 10.1. The van der Waals surface area contributed by atoms with Crippen LogP contribution in [0.25, 0.3) is 0 Å². The number of anilines is 1. The Labute approximate surface area is 87.5 Å². The molecule has 76 valence electrons. The minimum Gasteiger partial charge on any atom is -0.396 e. The van der Waals surface area contributed by atoms with Gasteiger partial charge in [0.15, 0.2) is 0 Å².